The number of hydrogen-bond donors (Lipinski definition) is 1. The number of hydrogen-bond acceptors (Lipinski definition) is 3. The Morgan fingerprint density at radius 2 is 1.63 bits per heavy atom. The standard InChI is InChI=1S/C22H22N2O3/c1-16(21(26)23-14-17-8-4-2-5-9-17)12-19-13-20(25)24(22(19)27)15-18-10-6-3-7-11-18/h2-12,16H,13-15H2,1H3,(H,23,26)/b19-12+. The first kappa shape index (κ1) is 18.6. The van der Waals surface area contributed by atoms with Crippen molar-refractivity contribution in [1.29, 1.82) is 0 Å². The highest BCUT2D eigenvalue weighted by molar-refractivity contribution is 6.13. The number of nitrogens with one attached hydrogen (secondary N) is 1. The molecule has 0 aliphatic carbocycles. The number of carbonyl (C=O) groups is 3. The SMILES string of the molecule is CC(/C=C1\CC(=O)N(Cc2ccccc2)C1=O)C(=O)NCc1ccccc1. The fourth-order valence-corrected chi connectivity index (χ4v) is 3.00. The number of rotatable bonds is 6. The smallest absolute Gasteiger partial charge is 0.256 e. The molecule has 2 aromatic carbocycles. The van der Waals surface area contributed by atoms with Gasteiger partial charge < -0.3 is 5.32 Å². The van der Waals surface area contributed by atoms with Gasteiger partial charge in [0.1, 0.15) is 0 Å². The lowest BCUT2D eigenvalue weighted by atomic mass is 10.1. The van der Waals surface area contributed by atoms with Gasteiger partial charge in [0.15, 0.2) is 0 Å². The second kappa shape index (κ2) is 8.45. The van der Waals surface area contributed by atoms with E-state index >= 15 is 0 Å². The maximum Gasteiger partial charge on any atom is 0.256 e. The van der Waals surface area contributed by atoms with Gasteiger partial charge in [-0.05, 0) is 11.1 Å². The average Bonchev–Trinajstić information content (AvgIpc) is 2.95. The van der Waals surface area contributed by atoms with Crippen LogP contribution in [0, 0.1) is 5.92 Å². The molecule has 2 aromatic rings. The predicted molar refractivity (Wildman–Crippen MR) is 102 cm³/mol. The van der Waals surface area contributed by atoms with Gasteiger partial charge in [-0.3, -0.25) is 19.3 Å². The normalized spacial score (nSPS) is 16.6. The van der Waals surface area contributed by atoms with Crippen molar-refractivity contribution in [1.82, 2.24) is 10.2 Å². The van der Waals surface area contributed by atoms with Gasteiger partial charge in [0.05, 0.1) is 18.9 Å². The molecule has 0 radical (unpaired) electrons. The van der Waals surface area contributed by atoms with Gasteiger partial charge in [0.2, 0.25) is 11.8 Å². The minimum absolute atomic E-state index is 0.0436. The molecule has 138 valence electrons. The average molecular weight is 362 g/mol. The Morgan fingerprint density at radius 1 is 1.04 bits per heavy atom. The molecule has 3 amide bonds. The van der Waals surface area contributed by atoms with Gasteiger partial charge in [-0.15, -0.1) is 0 Å². The van der Waals surface area contributed by atoms with Gasteiger partial charge >= 0.3 is 0 Å². The first-order chi connectivity index (χ1) is 13.0. The van der Waals surface area contributed by atoms with Crippen molar-refractivity contribution in [2.24, 2.45) is 5.92 Å². The van der Waals surface area contributed by atoms with E-state index in [1.807, 2.05) is 60.7 Å². The molecule has 0 saturated carbocycles. The van der Waals surface area contributed by atoms with Crippen molar-refractivity contribution in [2.75, 3.05) is 0 Å². The zero-order valence-electron chi connectivity index (χ0n) is 15.2. The fourth-order valence-electron chi connectivity index (χ4n) is 3.00. The summed E-state index contributed by atoms with van der Waals surface area (Å²) in [6, 6.07) is 19.0. The van der Waals surface area contributed by atoms with E-state index in [-0.39, 0.29) is 30.7 Å². The van der Waals surface area contributed by atoms with E-state index in [1.165, 1.54) is 4.90 Å². The fraction of sp³-hybridized carbons (Fsp3) is 0.227. The topological polar surface area (TPSA) is 66.5 Å². The predicted octanol–water partition coefficient (Wildman–Crippen LogP) is 2.82. The van der Waals surface area contributed by atoms with Gasteiger partial charge in [-0.1, -0.05) is 73.7 Å². The Kier molecular flexibility index (Phi) is 5.81. The largest absolute Gasteiger partial charge is 0.352 e. The summed E-state index contributed by atoms with van der Waals surface area (Å²) >= 11 is 0. The minimum Gasteiger partial charge on any atom is -0.352 e. The molecule has 27 heavy (non-hydrogen) atoms. The van der Waals surface area contributed by atoms with E-state index in [4.69, 9.17) is 0 Å². The summed E-state index contributed by atoms with van der Waals surface area (Å²) in [7, 11) is 0. The van der Waals surface area contributed by atoms with Gasteiger partial charge in [-0.2, -0.15) is 0 Å². The van der Waals surface area contributed by atoms with E-state index in [2.05, 4.69) is 5.32 Å². The van der Waals surface area contributed by atoms with Crippen LogP contribution < -0.4 is 5.32 Å². The van der Waals surface area contributed by atoms with Crippen molar-refractivity contribution >= 4 is 17.7 Å². The molecule has 1 aliphatic rings. The zero-order chi connectivity index (χ0) is 19.2. The van der Waals surface area contributed by atoms with E-state index in [0.717, 1.165) is 11.1 Å². The number of carbonyl (C=O) groups excluding carboxylic acids is 3. The lowest BCUT2D eigenvalue weighted by Crippen LogP contribution is -2.29. The van der Waals surface area contributed by atoms with Crippen LogP contribution in [0.25, 0.3) is 0 Å². The molecule has 1 fully saturated rings. The minimum atomic E-state index is -0.489. The molecule has 5 heteroatoms. The number of nitrogens with zero attached hydrogens (tertiary/aromatic N) is 1. The van der Waals surface area contributed by atoms with Gasteiger partial charge in [0, 0.05) is 12.1 Å². The summed E-state index contributed by atoms with van der Waals surface area (Å²) in [5, 5.41) is 2.86. The third-order valence-electron chi connectivity index (χ3n) is 4.52. The van der Waals surface area contributed by atoms with Crippen molar-refractivity contribution in [3.63, 3.8) is 0 Å². The molecule has 1 atom stereocenters. The summed E-state index contributed by atoms with van der Waals surface area (Å²) < 4.78 is 0. The Hall–Kier alpha value is -3.21. The molecular weight excluding hydrogens is 340 g/mol. The third kappa shape index (κ3) is 4.70. The number of benzene rings is 2. The van der Waals surface area contributed by atoms with Crippen LogP contribution in [-0.4, -0.2) is 22.6 Å². The molecule has 0 bridgehead atoms. The molecular formula is C22H22N2O3. The van der Waals surface area contributed by atoms with Gasteiger partial charge in [0.25, 0.3) is 5.91 Å². The highest BCUT2D eigenvalue weighted by Crippen LogP contribution is 2.22. The monoisotopic (exact) mass is 362 g/mol. The summed E-state index contributed by atoms with van der Waals surface area (Å²) in [5.74, 6) is -1.20. The van der Waals surface area contributed by atoms with E-state index < -0.39 is 5.92 Å². The third-order valence-corrected chi connectivity index (χ3v) is 4.52. The maximum absolute atomic E-state index is 12.6. The lowest BCUT2D eigenvalue weighted by molar-refractivity contribution is -0.138. The Bertz CT molecular complexity index is 860. The van der Waals surface area contributed by atoms with Crippen LogP contribution in [0.4, 0.5) is 0 Å². The first-order valence-electron chi connectivity index (χ1n) is 8.95. The Labute approximate surface area is 158 Å². The molecule has 0 aromatic heterocycles. The van der Waals surface area contributed by atoms with Crippen LogP contribution in [0.3, 0.4) is 0 Å². The second-order valence-electron chi connectivity index (χ2n) is 6.63. The Balaban J connectivity index is 1.61. The van der Waals surface area contributed by atoms with Crippen molar-refractivity contribution in [3.8, 4) is 0 Å². The summed E-state index contributed by atoms with van der Waals surface area (Å²) in [4.78, 5) is 38.3. The van der Waals surface area contributed by atoms with Crippen LogP contribution in [-0.2, 0) is 27.5 Å². The number of likely N-dealkylation sites (tertiary alicyclic amines) is 1. The quantitative estimate of drug-likeness (QED) is 0.635. The molecule has 1 N–H and O–H groups in total. The lowest BCUT2D eigenvalue weighted by Gasteiger charge is -2.13. The van der Waals surface area contributed by atoms with Crippen LogP contribution in [0.2, 0.25) is 0 Å². The summed E-state index contributed by atoms with van der Waals surface area (Å²) in [5.41, 5.74) is 2.29. The second-order valence-corrected chi connectivity index (χ2v) is 6.63. The molecule has 1 aliphatic heterocycles. The molecule has 1 heterocycles. The molecule has 1 saturated heterocycles. The van der Waals surface area contributed by atoms with E-state index in [0.29, 0.717) is 12.1 Å². The Morgan fingerprint density at radius 3 is 2.26 bits per heavy atom. The summed E-state index contributed by atoms with van der Waals surface area (Å²) in [6.07, 6.45) is 1.65. The van der Waals surface area contributed by atoms with E-state index in [1.54, 1.807) is 13.0 Å². The van der Waals surface area contributed by atoms with E-state index in [9.17, 15) is 14.4 Å². The molecule has 0 spiro atoms. The zero-order valence-corrected chi connectivity index (χ0v) is 15.2. The highest BCUT2D eigenvalue weighted by Gasteiger charge is 2.34. The highest BCUT2D eigenvalue weighted by atomic mass is 16.2. The molecule has 3 rings (SSSR count). The van der Waals surface area contributed by atoms with Gasteiger partial charge in [-0.25, -0.2) is 0 Å². The first-order valence-corrected chi connectivity index (χ1v) is 8.95. The van der Waals surface area contributed by atoms with Crippen molar-refractivity contribution < 1.29 is 14.4 Å². The van der Waals surface area contributed by atoms with Crippen molar-refractivity contribution in [3.05, 3.63) is 83.4 Å². The van der Waals surface area contributed by atoms with Crippen molar-refractivity contribution in [2.45, 2.75) is 26.4 Å². The molecule has 1 unspecified atom stereocenters. The van der Waals surface area contributed by atoms with Crippen LogP contribution in [0.15, 0.2) is 72.3 Å². The van der Waals surface area contributed by atoms with Crippen LogP contribution in [0.5, 0.6) is 0 Å². The van der Waals surface area contributed by atoms with Crippen LogP contribution in [0.1, 0.15) is 24.5 Å². The molecule has 5 nitrogen and oxygen atoms in total. The number of imide groups is 1. The summed E-state index contributed by atoms with van der Waals surface area (Å²) in [6.45, 7) is 2.41. The maximum atomic E-state index is 12.6. The number of amides is 3. The van der Waals surface area contributed by atoms with Crippen LogP contribution >= 0.6 is 0 Å².